The minimum Gasteiger partial charge on any atom is -0.494 e. The molecule has 0 fully saturated rings. The highest BCUT2D eigenvalue weighted by Gasteiger charge is 2.17. The van der Waals surface area contributed by atoms with Crippen LogP contribution in [0.2, 0.25) is 0 Å². The summed E-state index contributed by atoms with van der Waals surface area (Å²) < 4.78 is 5.26. The maximum absolute atomic E-state index is 11.9. The number of hydrogen-bond donors (Lipinski definition) is 3. The summed E-state index contributed by atoms with van der Waals surface area (Å²) in [6.07, 6.45) is 2.10. The summed E-state index contributed by atoms with van der Waals surface area (Å²) in [6.45, 7) is 5.67. The number of hydrogen-bond acceptors (Lipinski definition) is 5. The zero-order valence-electron chi connectivity index (χ0n) is 14.3. The molecular weight excluding hydrogens is 310 g/mol. The number of carbonyl (C=O) groups is 2. The van der Waals surface area contributed by atoms with Crippen molar-refractivity contribution in [3.05, 3.63) is 35.4 Å². The van der Waals surface area contributed by atoms with E-state index in [1.54, 1.807) is 24.5 Å². The van der Waals surface area contributed by atoms with Gasteiger partial charge in [0.05, 0.1) is 18.4 Å². The largest absolute Gasteiger partial charge is 0.494 e. The first-order chi connectivity index (χ1) is 11.3. The number of carbonyl (C=O) groups excluding carboxylic acids is 2. The lowest BCUT2D eigenvalue weighted by Gasteiger charge is -2.13. The van der Waals surface area contributed by atoms with Crippen LogP contribution in [0.3, 0.4) is 0 Å². The van der Waals surface area contributed by atoms with Crippen LogP contribution in [-0.2, 0) is 4.79 Å². The average Bonchev–Trinajstić information content (AvgIpc) is 2.54. The number of methoxy groups -OCH3 is 1. The lowest BCUT2D eigenvalue weighted by Crippen LogP contribution is -2.26. The molecule has 7 heteroatoms. The molecule has 0 spiro atoms. The Morgan fingerprint density at radius 2 is 2.08 bits per heavy atom. The molecule has 0 aromatic heterocycles. The fourth-order valence-electron chi connectivity index (χ4n) is 2.16. The van der Waals surface area contributed by atoms with Crippen LogP contribution < -0.4 is 16.0 Å². The third-order valence-corrected chi connectivity index (χ3v) is 3.27. The van der Waals surface area contributed by atoms with Gasteiger partial charge in [0.15, 0.2) is 0 Å². The molecule has 1 rings (SSSR count). The van der Waals surface area contributed by atoms with Crippen LogP contribution in [0.5, 0.6) is 5.75 Å². The number of allylic oxidation sites excluding steroid dienone is 1. The van der Waals surface area contributed by atoms with E-state index in [4.69, 9.17) is 15.7 Å². The van der Waals surface area contributed by atoms with Gasteiger partial charge >= 0.3 is 0 Å². The second-order valence-electron chi connectivity index (χ2n) is 5.55. The first-order valence-corrected chi connectivity index (χ1v) is 7.50. The molecule has 0 radical (unpaired) electrons. The second kappa shape index (κ2) is 8.83. The molecule has 0 saturated carbocycles. The minimum absolute atomic E-state index is 0.237. The Hall–Kier alpha value is -2.67. The van der Waals surface area contributed by atoms with Gasteiger partial charge in [0.1, 0.15) is 11.4 Å². The van der Waals surface area contributed by atoms with Gasteiger partial charge < -0.3 is 10.5 Å². The monoisotopic (exact) mass is 333 g/mol. The van der Waals surface area contributed by atoms with E-state index in [0.717, 1.165) is 0 Å². The molecule has 0 heterocycles. The number of ether oxygens (including phenoxy) is 1. The number of rotatable bonds is 7. The highest BCUT2D eigenvalue weighted by Crippen LogP contribution is 2.30. The predicted octanol–water partition coefficient (Wildman–Crippen LogP) is 2.36. The lowest BCUT2D eigenvalue weighted by molar-refractivity contribution is -0.124. The minimum atomic E-state index is -0.635. The average molecular weight is 333 g/mol. The summed E-state index contributed by atoms with van der Waals surface area (Å²) in [6, 6.07) is 4.64. The number of amides is 2. The van der Waals surface area contributed by atoms with Crippen LogP contribution in [0.1, 0.15) is 37.6 Å². The van der Waals surface area contributed by atoms with Gasteiger partial charge in [-0.25, -0.2) is 10.5 Å². The SMILES string of the molecule is C/C=C(/C(=O)NO)C(CC(C)C)=Nc1ccc(C(N)=O)cc1OC. The Morgan fingerprint density at radius 1 is 1.42 bits per heavy atom. The van der Waals surface area contributed by atoms with Crippen LogP contribution in [0.4, 0.5) is 5.69 Å². The first-order valence-electron chi connectivity index (χ1n) is 7.50. The van der Waals surface area contributed by atoms with Crippen LogP contribution >= 0.6 is 0 Å². The highest BCUT2D eigenvalue weighted by atomic mass is 16.5. The Labute approximate surface area is 141 Å². The van der Waals surface area contributed by atoms with Crippen LogP contribution in [0.25, 0.3) is 0 Å². The van der Waals surface area contributed by atoms with Gasteiger partial charge in [-0.3, -0.25) is 14.8 Å². The molecule has 7 nitrogen and oxygen atoms in total. The summed E-state index contributed by atoms with van der Waals surface area (Å²) in [7, 11) is 1.46. The van der Waals surface area contributed by atoms with Gasteiger partial charge in [-0.1, -0.05) is 19.9 Å². The van der Waals surface area contributed by atoms with Gasteiger partial charge in [-0.2, -0.15) is 0 Å². The number of nitrogens with zero attached hydrogens (tertiary/aromatic N) is 1. The van der Waals surface area contributed by atoms with Crippen molar-refractivity contribution in [1.29, 1.82) is 0 Å². The van der Waals surface area contributed by atoms with Crippen LogP contribution in [-0.4, -0.2) is 29.8 Å². The van der Waals surface area contributed by atoms with Crippen LogP contribution in [0, 0.1) is 5.92 Å². The molecule has 0 aliphatic heterocycles. The maximum atomic E-state index is 11.9. The van der Waals surface area contributed by atoms with E-state index in [1.807, 2.05) is 13.8 Å². The molecule has 4 N–H and O–H groups in total. The van der Waals surface area contributed by atoms with E-state index < -0.39 is 11.8 Å². The van der Waals surface area contributed by atoms with Gasteiger partial charge in [-0.15, -0.1) is 0 Å². The normalized spacial score (nSPS) is 12.2. The van der Waals surface area contributed by atoms with E-state index in [1.165, 1.54) is 19.2 Å². The molecule has 0 aliphatic rings. The lowest BCUT2D eigenvalue weighted by atomic mass is 9.99. The Kier molecular flexibility index (Phi) is 7.13. The van der Waals surface area contributed by atoms with Crippen molar-refractivity contribution in [3.63, 3.8) is 0 Å². The number of aliphatic imine (C=N–C) groups is 1. The summed E-state index contributed by atoms with van der Waals surface area (Å²) >= 11 is 0. The standard InChI is InChI=1S/C17H23N3O4/c1-5-12(17(22)20-23)14(8-10(2)3)19-13-7-6-11(16(18)21)9-15(13)24-4/h5-7,9-10,23H,8H2,1-4H3,(H2,18,21)(H,20,22)/b12-5+,19-14?. The molecule has 2 amide bonds. The summed E-state index contributed by atoms with van der Waals surface area (Å²) in [5.41, 5.74) is 8.43. The maximum Gasteiger partial charge on any atom is 0.276 e. The van der Waals surface area contributed by atoms with Crippen molar-refractivity contribution >= 4 is 23.2 Å². The van der Waals surface area contributed by atoms with Crippen molar-refractivity contribution in [3.8, 4) is 5.75 Å². The van der Waals surface area contributed by atoms with Gasteiger partial charge in [0.25, 0.3) is 5.91 Å². The number of benzene rings is 1. The van der Waals surface area contributed by atoms with Gasteiger partial charge in [-0.05, 0) is 37.5 Å². The predicted molar refractivity (Wildman–Crippen MR) is 91.7 cm³/mol. The second-order valence-corrected chi connectivity index (χ2v) is 5.55. The fourth-order valence-corrected chi connectivity index (χ4v) is 2.16. The van der Waals surface area contributed by atoms with Gasteiger partial charge in [0, 0.05) is 5.56 Å². The molecule has 24 heavy (non-hydrogen) atoms. The molecule has 0 unspecified atom stereocenters. The Balaban J connectivity index is 3.42. The summed E-state index contributed by atoms with van der Waals surface area (Å²) in [4.78, 5) is 27.6. The van der Waals surface area contributed by atoms with E-state index in [9.17, 15) is 9.59 Å². The van der Waals surface area contributed by atoms with E-state index in [2.05, 4.69) is 4.99 Å². The Morgan fingerprint density at radius 3 is 2.54 bits per heavy atom. The van der Waals surface area contributed by atoms with Crippen molar-refractivity contribution in [1.82, 2.24) is 5.48 Å². The van der Waals surface area contributed by atoms with E-state index in [-0.39, 0.29) is 11.5 Å². The van der Waals surface area contributed by atoms with E-state index >= 15 is 0 Å². The van der Waals surface area contributed by atoms with Crippen molar-refractivity contribution in [2.45, 2.75) is 27.2 Å². The molecule has 0 aliphatic carbocycles. The van der Waals surface area contributed by atoms with E-state index in [0.29, 0.717) is 29.1 Å². The fraction of sp³-hybridized carbons (Fsp3) is 0.353. The summed E-state index contributed by atoms with van der Waals surface area (Å²) in [5, 5.41) is 8.91. The molecular formula is C17H23N3O4. The smallest absolute Gasteiger partial charge is 0.276 e. The third-order valence-electron chi connectivity index (χ3n) is 3.27. The third kappa shape index (κ3) is 4.92. The molecule has 0 atom stereocenters. The molecule has 130 valence electrons. The molecule has 1 aromatic rings. The quantitative estimate of drug-likeness (QED) is 0.307. The zero-order chi connectivity index (χ0) is 18.3. The number of hydroxylamine groups is 1. The topological polar surface area (TPSA) is 114 Å². The zero-order valence-corrected chi connectivity index (χ0v) is 14.3. The van der Waals surface area contributed by atoms with Crippen molar-refractivity contribution < 1.29 is 19.5 Å². The summed E-state index contributed by atoms with van der Waals surface area (Å²) in [5.74, 6) is -0.599. The number of nitrogens with one attached hydrogen (secondary N) is 1. The molecule has 0 bridgehead atoms. The number of primary amides is 1. The highest BCUT2D eigenvalue weighted by molar-refractivity contribution is 6.22. The Bertz CT molecular complexity index is 678. The van der Waals surface area contributed by atoms with Crippen LogP contribution in [0.15, 0.2) is 34.8 Å². The first kappa shape index (κ1) is 19.4. The molecule has 0 saturated heterocycles. The van der Waals surface area contributed by atoms with Crippen molar-refractivity contribution in [2.24, 2.45) is 16.6 Å². The van der Waals surface area contributed by atoms with Gasteiger partial charge in [0.2, 0.25) is 5.91 Å². The van der Waals surface area contributed by atoms with Crippen molar-refractivity contribution in [2.75, 3.05) is 7.11 Å². The number of nitrogens with two attached hydrogens (primary N) is 1. The molecule has 1 aromatic carbocycles.